The van der Waals surface area contributed by atoms with Crippen LogP contribution in [0.3, 0.4) is 0 Å². The Kier molecular flexibility index (Phi) is 14.7. The summed E-state index contributed by atoms with van der Waals surface area (Å²) in [5, 5.41) is 0. The van der Waals surface area contributed by atoms with Crippen LogP contribution in [0.25, 0.3) is 0 Å². The third-order valence-corrected chi connectivity index (χ3v) is 26.5. The van der Waals surface area contributed by atoms with Crippen molar-refractivity contribution in [3.05, 3.63) is 83.1 Å². The molecule has 0 heterocycles. The van der Waals surface area contributed by atoms with Crippen LogP contribution in [0.1, 0.15) is 92.9 Å². The topological polar surface area (TPSA) is 52.6 Å². The Morgan fingerprint density at radius 1 is 0.773 bits per heavy atom. The Balaban J connectivity index is 1.97. The van der Waals surface area contributed by atoms with Crippen LogP contribution in [0.5, 0.6) is 0 Å². The summed E-state index contributed by atoms with van der Waals surface area (Å²) >= 11 is -2.49. The van der Waals surface area contributed by atoms with Gasteiger partial charge in [0.15, 0.2) is 0 Å². The van der Waals surface area contributed by atoms with Gasteiger partial charge in [0.1, 0.15) is 0 Å². The van der Waals surface area contributed by atoms with Crippen LogP contribution in [0, 0.1) is 11.3 Å². The molecule has 1 unspecified atom stereocenters. The molecule has 0 N–H and O–H groups in total. The summed E-state index contributed by atoms with van der Waals surface area (Å²) < 4.78 is 18.0. The standard InChI is InChI=1S/C26H31O4Si.3C4H9.Sn/c1-20-15-26(16-23(20)17-31(2,3)4,18-29-24(27)21-11-7-5-8-12-21)19-30-25(28)22-13-9-6-10-14-22;3*1-3-4-2;/h5-14,17,20H,1,15-16,18-19H2,2-4H3;3*1,3-4H2,2H3;/b23-17-;;;;. The number of hydrogen-bond donors (Lipinski definition) is 0. The molecule has 0 amide bonds. The molecule has 1 aliphatic carbocycles. The van der Waals surface area contributed by atoms with Crippen LogP contribution in [0.15, 0.2) is 71.9 Å². The van der Waals surface area contributed by atoms with Crippen molar-refractivity contribution < 1.29 is 19.1 Å². The number of ether oxygens (including phenoxy) is 2. The Morgan fingerprint density at radius 3 is 1.59 bits per heavy atom. The van der Waals surface area contributed by atoms with Crippen LogP contribution in [-0.4, -0.2) is 51.6 Å². The molecule has 2 aromatic carbocycles. The maximum atomic E-state index is 13.2. The molecule has 0 aliphatic heterocycles. The molecular weight excluding hydrogens is 667 g/mol. The van der Waals surface area contributed by atoms with Crippen LogP contribution < -0.4 is 0 Å². The second-order valence-electron chi connectivity index (χ2n) is 14.6. The van der Waals surface area contributed by atoms with E-state index in [0.29, 0.717) is 17.0 Å². The summed E-state index contributed by atoms with van der Waals surface area (Å²) in [6.07, 6.45) is 9.66. The summed E-state index contributed by atoms with van der Waals surface area (Å²) in [6.45, 7) is 14.8. The third-order valence-electron chi connectivity index (χ3n) is 9.30. The van der Waals surface area contributed by atoms with Crippen molar-refractivity contribution in [2.24, 2.45) is 11.3 Å². The summed E-state index contributed by atoms with van der Waals surface area (Å²) in [5.74, 6) is -0.115. The molecule has 1 saturated carbocycles. The Hall–Kier alpha value is -1.86. The fraction of sp³-hybridized carbons (Fsp3) is 0.579. The summed E-state index contributed by atoms with van der Waals surface area (Å²) in [7, 11) is -1.53. The number of carbonyl (C=O) groups is 2. The first-order chi connectivity index (χ1) is 21.0. The van der Waals surface area contributed by atoms with E-state index in [1.165, 1.54) is 56.3 Å². The van der Waals surface area contributed by atoms with Crippen molar-refractivity contribution in [2.45, 2.75) is 110 Å². The fourth-order valence-electron chi connectivity index (χ4n) is 7.10. The molecule has 242 valence electrons. The van der Waals surface area contributed by atoms with E-state index in [0.717, 1.165) is 12.8 Å². The Labute approximate surface area is 273 Å². The van der Waals surface area contributed by atoms with Gasteiger partial charge in [0.2, 0.25) is 0 Å². The minimum absolute atomic E-state index is 0.268. The third kappa shape index (κ3) is 11.5. The van der Waals surface area contributed by atoms with Crippen molar-refractivity contribution >= 4 is 38.4 Å². The van der Waals surface area contributed by atoms with Gasteiger partial charge in [-0.25, -0.2) is 0 Å². The van der Waals surface area contributed by atoms with E-state index in [-0.39, 0.29) is 25.2 Å². The average molecular weight is 726 g/mol. The Morgan fingerprint density at radius 2 is 1.20 bits per heavy atom. The van der Waals surface area contributed by atoms with Gasteiger partial charge in [-0.1, -0.05) is 0 Å². The van der Waals surface area contributed by atoms with Gasteiger partial charge in [0.05, 0.1) is 0 Å². The van der Waals surface area contributed by atoms with E-state index in [4.69, 9.17) is 9.47 Å². The minimum atomic E-state index is -2.49. The number of carbonyl (C=O) groups excluding carboxylic acids is 2. The van der Waals surface area contributed by atoms with E-state index >= 15 is 0 Å². The van der Waals surface area contributed by atoms with E-state index in [1.807, 2.05) is 36.4 Å². The van der Waals surface area contributed by atoms with Gasteiger partial charge in [0.25, 0.3) is 0 Å². The quantitative estimate of drug-likeness (QED) is 0.113. The molecule has 6 heteroatoms. The molecule has 3 rings (SSSR count). The van der Waals surface area contributed by atoms with Crippen molar-refractivity contribution in [1.82, 2.24) is 0 Å². The van der Waals surface area contributed by atoms with Gasteiger partial charge < -0.3 is 0 Å². The molecule has 0 saturated heterocycles. The number of benzene rings is 2. The van der Waals surface area contributed by atoms with Crippen LogP contribution in [-0.2, 0) is 9.47 Å². The molecule has 0 spiro atoms. The predicted molar refractivity (Wildman–Crippen MR) is 190 cm³/mol. The SMILES string of the molecule is CCC[CH2][Sn]([CH2]CCC)([CH2]CCC)[CH2]C1CC(COC(=O)c2ccccc2)(COC(=O)c2ccccc2)C/C1=C/[Si](C)(C)C. The predicted octanol–water partition coefficient (Wildman–Crippen LogP) is 10.7. The van der Waals surface area contributed by atoms with Crippen LogP contribution >= 0.6 is 0 Å². The van der Waals surface area contributed by atoms with Gasteiger partial charge in [0, 0.05) is 0 Å². The van der Waals surface area contributed by atoms with Gasteiger partial charge in [-0.2, -0.15) is 0 Å². The first kappa shape index (κ1) is 36.6. The Bertz CT molecular complexity index is 1110. The molecule has 1 atom stereocenters. The van der Waals surface area contributed by atoms with Gasteiger partial charge in [-0.15, -0.1) is 0 Å². The average Bonchev–Trinajstić information content (AvgIpc) is 3.35. The number of esters is 2. The second-order valence-corrected chi connectivity index (χ2v) is 33.6. The van der Waals surface area contributed by atoms with Gasteiger partial charge >= 0.3 is 275 Å². The van der Waals surface area contributed by atoms with Crippen LogP contribution in [0.4, 0.5) is 0 Å². The van der Waals surface area contributed by atoms with Crippen molar-refractivity contribution in [3.63, 3.8) is 0 Å². The summed E-state index contributed by atoms with van der Waals surface area (Å²) in [5.41, 5.74) is 4.90. The first-order valence-electron chi connectivity index (χ1n) is 17.2. The molecule has 4 nitrogen and oxygen atoms in total. The van der Waals surface area contributed by atoms with Gasteiger partial charge in [-0.05, 0) is 0 Å². The monoisotopic (exact) mass is 726 g/mol. The molecule has 44 heavy (non-hydrogen) atoms. The van der Waals surface area contributed by atoms with Gasteiger partial charge in [-0.3, -0.25) is 0 Å². The number of hydrogen-bond acceptors (Lipinski definition) is 4. The molecule has 1 aliphatic rings. The molecule has 1 fully saturated rings. The molecule has 0 bridgehead atoms. The zero-order valence-corrected chi connectivity index (χ0v) is 32.3. The van der Waals surface area contributed by atoms with E-state index in [1.54, 1.807) is 29.8 Å². The number of rotatable bonds is 18. The van der Waals surface area contributed by atoms with E-state index in [2.05, 4.69) is 46.1 Å². The van der Waals surface area contributed by atoms with Crippen molar-refractivity contribution in [1.29, 1.82) is 0 Å². The zero-order valence-electron chi connectivity index (χ0n) is 28.5. The molecular formula is C38H58O4SiSn. The van der Waals surface area contributed by atoms with E-state index < -0.39 is 31.9 Å². The summed E-state index contributed by atoms with van der Waals surface area (Å²) in [4.78, 5) is 26.3. The molecule has 0 radical (unpaired) electrons. The van der Waals surface area contributed by atoms with E-state index in [9.17, 15) is 9.59 Å². The normalized spacial score (nSPS) is 17.5. The molecule has 0 aromatic heterocycles. The molecule has 2 aromatic rings. The second kappa shape index (κ2) is 17.7. The van der Waals surface area contributed by atoms with Crippen molar-refractivity contribution in [2.75, 3.05) is 13.2 Å². The summed E-state index contributed by atoms with van der Waals surface area (Å²) in [6, 6.07) is 18.5. The first-order valence-corrected chi connectivity index (χ1v) is 28.9. The fourth-order valence-corrected chi connectivity index (χ4v) is 26.0. The number of unbranched alkanes of at least 4 members (excludes halogenated alkanes) is 3. The van der Waals surface area contributed by atoms with Crippen molar-refractivity contribution in [3.8, 4) is 0 Å². The van der Waals surface area contributed by atoms with Crippen LogP contribution in [0.2, 0.25) is 37.4 Å². The number of allylic oxidation sites excluding steroid dienone is 1. The zero-order chi connectivity index (χ0) is 32.1. The maximum absolute atomic E-state index is 13.2.